The van der Waals surface area contributed by atoms with Gasteiger partial charge in [-0.1, -0.05) is 18.2 Å². The number of para-hydroxylation sites is 1. The Morgan fingerprint density at radius 1 is 1.25 bits per heavy atom. The van der Waals surface area contributed by atoms with Crippen LogP contribution in [0.1, 0.15) is 11.0 Å². The number of aliphatic hydroxyl groups excluding tert-OH is 1. The molecule has 0 saturated heterocycles. The molecule has 5 nitrogen and oxygen atoms in total. The van der Waals surface area contributed by atoms with Crippen LogP contribution in [0.25, 0.3) is 0 Å². The molecule has 1 unspecified atom stereocenters. The van der Waals surface area contributed by atoms with Gasteiger partial charge in [-0.05, 0) is 6.07 Å². The topological polar surface area (TPSA) is 83.8 Å². The predicted molar refractivity (Wildman–Crippen MR) is 49.6 cm³/mol. The van der Waals surface area contributed by atoms with E-state index in [9.17, 15) is 22.3 Å². The number of ether oxygens (including phenoxy) is 1. The van der Waals surface area contributed by atoms with E-state index in [0.29, 0.717) is 0 Å². The molecular weight excluding hydrogens is 246 g/mol. The largest absolute Gasteiger partial charge is 0.434 e. The molecule has 1 rings (SSSR count). The standard InChI is InChI=1S/C8H8F2O5S/c9-8(10)15-6-4-2-1-3-5(6)7(11)16(12,13)14/h1-4,7-8,11H,(H,12,13,14). The van der Waals surface area contributed by atoms with Crippen molar-refractivity contribution in [3.8, 4) is 5.75 Å². The third-order valence-electron chi connectivity index (χ3n) is 1.68. The number of benzene rings is 1. The van der Waals surface area contributed by atoms with Crippen LogP contribution in [-0.4, -0.2) is 24.7 Å². The summed E-state index contributed by atoms with van der Waals surface area (Å²) in [6.45, 7) is -3.16. The minimum absolute atomic E-state index is 0.453. The van der Waals surface area contributed by atoms with Gasteiger partial charge in [0.15, 0.2) is 0 Å². The fraction of sp³-hybridized carbons (Fsp3) is 0.250. The molecule has 1 aromatic rings. The second kappa shape index (κ2) is 4.73. The molecule has 2 N–H and O–H groups in total. The molecule has 0 aliphatic carbocycles. The zero-order valence-electron chi connectivity index (χ0n) is 7.75. The Hall–Kier alpha value is -1.25. The summed E-state index contributed by atoms with van der Waals surface area (Å²) in [7, 11) is -4.78. The maximum atomic E-state index is 11.9. The van der Waals surface area contributed by atoms with Crippen LogP contribution in [0, 0.1) is 0 Å². The number of aliphatic hydroxyl groups is 1. The molecule has 1 atom stereocenters. The molecule has 16 heavy (non-hydrogen) atoms. The predicted octanol–water partition coefficient (Wildman–Crippen LogP) is 1.17. The van der Waals surface area contributed by atoms with E-state index < -0.39 is 33.5 Å². The summed E-state index contributed by atoms with van der Waals surface area (Å²) in [5.41, 5.74) is -2.77. The van der Waals surface area contributed by atoms with Crippen LogP contribution in [0.4, 0.5) is 8.78 Å². The summed E-state index contributed by atoms with van der Waals surface area (Å²) in [4.78, 5) is 0. The van der Waals surface area contributed by atoms with Gasteiger partial charge < -0.3 is 9.84 Å². The molecule has 0 aliphatic heterocycles. The maximum Gasteiger partial charge on any atom is 0.387 e. The maximum absolute atomic E-state index is 11.9. The molecule has 0 saturated carbocycles. The number of hydrogen-bond acceptors (Lipinski definition) is 4. The van der Waals surface area contributed by atoms with Crippen molar-refractivity contribution in [3.05, 3.63) is 29.8 Å². The minimum atomic E-state index is -4.78. The first-order chi connectivity index (χ1) is 7.32. The fourth-order valence-corrected chi connectivity index (χ4v) is 1.56. The second-order valence-corrected chi connectivity index (χ2v) is 4.26. The smallest absolute Gasteiger partial charge is 0.387 e. The molecule has 0 heterocycles. The molecule has 0 fully saturated rings. The van der Waals surface area contributed by atoms with E-state index in [0.717, 1.165) is 12.1 Å². The lowest BCUT2D eigenvalue weighted by molar-refractivity contribution is -0.0511. The third kappa shape index (κ3) is 3.12. The van der Waals surface area contributed by atoms with Crippen molar-refractivity contribution in [3.63, 3.8) is 0 Å². The van der Waals surface area contributed by atoms with Crippen LogP contribution in [0.5, 0.6) is 5.75 Å². The SMILES string of the molecule is O=S(=O)(O)C(O)c1ccccc1OC(F)F. The van der Waals surface area contributed by atoms with Crippen LogP contribution in [-0.2, 0) is 10.1 Å². The zero-order valence-corrected chi connectivity index (χ0v) is 8.56. The van der Waals surface area contributed by atoms with Gasteiger partial charge in [0.25, 0.3) is 10.1 Å². The highest BCUT2D eigenvalue weighted by Gasteiger charge is 2.26. The Morgan fingerprint density at radius 2 is 1.81 bits per heavy atom. The first-order valence-corrected chi connectivity index (χ1v) is 5.51. The van der Waals surface area contributed by atoms with Crippen LogP contribution in [0.15, 0.2) is 24.3 Å². The minimum Gasteiger partial charge on any atom is -0.434 e. The summed E-state index contributed by atoms with van der Waals surface area (Å²) in [5.74, 6) is -0.511. The number of alkyl halides is 2. The quantitative estimate of drug-likeness (QED) is 0.788. The van der Waals surface area contributed by atoms with Gasteiger partial charge in [0, 0.05) is 5.56 Å². The van der Waals surface area contributed by atoms with Gasteiger partial charge in [-0.25, -0.2) is 0 Å². The Kier molecular flexibility index (Phi) is 3.79. The van der Waals surface area contributed by atoms with Crippen molar-refractivity contribution in [1.29, 1.82) is 0 Å². The van der Waals surface area contributed by atoms with Gasteiger partial charge in [0.1, 0.15) is 5.75 Å². The van der Waals surface area contributed by atoms with Gasteiger partial charge in [-0.3, -0.25) is 4.55 Å². The lowest BCUT2D eigenvalue weighted by Crippen LogP contribution is -2.14. The number of halogens is 2. The Balaban J connectivity index is 3.13. The average Bonchev–Trinajstić information content (AvgIpc) is 2.15. The normalized spacial score (nSPS) is 13.8. The molecule has 0 amide bonds. The molecule has 0 aliphatic rings. The van der Waals surface area contributed by atoms with Crippen LogP contribution in [0.3, 0.4) is 0 Å². The highest BCUT2D eigenvalue weighted by molar-refractivity contribution is 7.85. The Bertz CT molecular complexity index is 459. The molecular formula is C8H8F2O5S. The van der Waals surface area contributed by atoms with E-state index in [4.69, 9.17) is 4.55 Å². The summed E-state index contributed by atoms with van der Waals surface area (Å²) in [5, 5.41) is 9.19. The van der Waals surface area contributed by atoms with Crippen LogP contribution >= 0.6 is 0 Å². The van der Waals surface area contributed by atoms with Crippen LogP contribution in [0.2, 0.25) is 0 Å². The molecule has 8 heteroatoms. The molecule has 0 aromatic heterocycles. The van der Waals surface area contributed by atoms with E-state index in [1.165, 1.54) is 12.1 Å². The van der Waals surface area contributed by atoms with Crippen molar-refractivity contribution in [2.24, 2.45) is 0 Å². The van der Waals surface area contributed by atoms with Crippen LogP contribution < -0.4 is 4.74 Å². The van der Waals surface area contributed by atoms with Gasteiger partial charge in [0.05, 0.1) is 0 Å². The number of rotatable bonds is 4. The van der Waals surface area contributed by atoms with E-state index in [-0.39, 0.29) is 0 Å². The highest BCUT2D eigenvalue weighted by Crippen LogP contribution is 2.28. The van der Waals surface area contributed by atoms with Crippen molar-refractivity contribution < 1.29 is 31.6 Å². The number of hydrogen-bond donors (Lipinski definition) is 2. The second-order valence-electron chi connectivity index (χ2n) is 2.78. The van der Waals surface area contributed by atoms with E-state index >= 15 is 0 Å². The van der Waals surface area contributed by atoms with Gasteiger partial charge >= 0.3 is 6.61 Å². The van der Waals surface area contributed by atoms with Crippen molar-refractivity contribution in [2.45, 2.75) is 12.0 Å². The van der Waals surface area contributed by atoms with Crippen molar-refractivity contribution >= 4 is 10.1 Å². The first-order valence-electron chi connectivity index (χ1n) is 4.00. The summed E-state index contributed by atoms with van der Waals surface area (Å²) < 4.78 is 57.7. The Morgan fingerprint density at radius 3 is 2.31 bits per heavy atom. The molecule has 1 aromatic carbocycles. The third-order valence-corrected chi connectivity index (χ3v) is 2.50. The molecule has 0 spiro atoms. The average molecular weight is 254 g/mol. The molecule has 90 valence electrons. The van der Waals surface area contributed by atoms with Crippen molar-refractivity contribution in [1.82, 2.24) is 0 Å². The van der Waals surface area contributed by atoms with Gasteiger partial charge in [-0.15, -0.1) is 0 Å². The lowest BCUT2D eigenvalue weighted by atomic mass is 10.2. The molecule has 0 radical (unpaired) electrons. The highest BCUT2D eigenvalue weighted by atomic mass is 32.2. The Labute approximate surface area is 90.0 Å². The lowest BCUT2D eigenvalue weighted by Gasteiger charge is -2.13. The van der Waals surface area contributed by atoms with Gasteiger partial charge in [0.2, 0.25) is 5.44 Å². The molecule has 0 bridgehead atoms. The van der Waals surface area contributed by atoms with Crippen molar-refractivity contribution in [2.75, 3.05) is 0 Å². The summed E-state index contributed by atoms with van der Waals surface area (Å²) in [6.07, 6.45) is 0. The van der Waals surface area contributed by atoms with E-state index in [2.05, 4.69) is 4.74 Å². The van der Waals surface area contributed by atoms with Gasteiger partial charge in [-0.2, -0.15) is 17.2 Å². The monoisotopic (exact) mass is 254 g/mol. The summed E-state index contributed by atoms with van der Waals surface area (Å²) in [6, 6.07) is 4.73. The summed E-state index contributed by atoms with van der Waals surface area (Å²) >= 11 is 0. The fourth-order valence-electron chi connectivity index (χ4n) is 1.05. The zero-order chi connectivity index (χ0) is 12.3. The first kappa shape index (κ1) is 12.8. The van der Waals surface area contributed by atoms with E-state index in [1.807, 2.05) is 0 Å². The van der Waals surface area contributed by atoms with E-state index in [1.54, 1.807) is 0 Å².